The summed E-state index contributed by atoms with van der Waals surface area (Å²) in [5.74, 6) is 2.52. The van der Waals surface area contributed by atoms with Gasteiger partial charge in [-0.3, -0.25) is 0 Å². The second kappa shape index (κ2) is 10.9. The van der Waals surface area contributed by atoms with Gasteiger partial charge in [-0.1, -0.05) is 42.5 Å². The van der Waals surface area contributed by atoms with E-state index in [4.69, 9.17) is 0 Å². The lowest BCUT2D eigenvalue weighted by Gasteiger charge is -2.35. The molecular formula is C38H44N4. The lowest BCUT2D eigenvalue weighted by Crippen LogP contribution is -2.35. The highest BCUT2D eigenvalue weighted by Crippen LogP contribution is 2.42. The quantitative estimate of drug-likeness (QED) is 0.249. The number of hydrogen-bond acceptors (Lipinski definition) is 4. The van der Waals surface area contributed by atoms with Gasteiger partial charge in [-0.05, 0) is 130 Å². The Morgan fingerprint density at radius 2 is 0.857 bits per heavy atom. The van der Waals surface area contributed by atoms with E-state index in [0.29, 0.717) is 0 Å². The van der Waals surface area contributed by atoms with Crippen molar-refractivity contribution in [1.29, 1.82) is 0 Å². The van der Waals surface area contributed by atoms with Crippen LogP contribution in [-0.4, -0.2) is 26.2 Å². The van der Waals surface area contributed by atoms with E-state index in [1.165, 1.54) is 78.9 Å². The molecule has 0 unspecified atom stereocenters. The molecule has 2 fully saturated rings. The monoisotopic (exact) mass is 556 g/mol. The zero-order valence-corrected chi connectivity index (χ0v) is 26.5. The fourth-order valence-electron chi connectivity index (χ4n) is 7.01. The molecule has 6 rings (SSSR count). The highest BCUT2D eigenvalue weighted by atomic mass is 15.5. The van der Waals surface area contributed by atoms with Gasteiger partial charge in [-0.2, -0.15) is 0 Å². The molecule has 0 aliphatic carbocycles. The molecule has 216 valence electrons. The fourth-order valence-corrected chi connectivity index (χ4v) is 7.01. The van der Waals surface area contributed by atoms with Crippen molar-refractivity contribution < 1.29 is 0 Å². The summed E-state index contributed by atoms with van der Waals surface area (Å²) >= 11 is 0. The van der Waals surface area contributed by atoms with Crippen molar-refractivity contribution in [2.45, 2.75) is 55.4 Å². The van der Waals surface area contributed by atoms with E-state index in [1.807, 2.05) is 0 Å². The zero-order chi connectivity index (χ0) is 29.7. The van der Waals surface area contributed by atoms with Crippen LogP contribution in [0.2, 0.25) is 0 Å². The van der Waals surface area contributed by atoms with Gasteiger partial charge in [0.15, 0.2) is 11.6 Å². The summed E-state index contributed by atoms with van der Waals surface area (Å²) in [7, 11) is 0. The van der Waals surface area contributed by atoms with Gasteiger partial charge in [0.25, 0.3) is 0 Å². The van der Waals surface area contributed by atoms with Gasteiger partial charge >= 0.3 is 0 Å². The second-order valence-electron chi connectivity index (χ2n) is 12.5. The third-order valence-electron chi connectivity index (χ3n) is 8.72. The Morgan fingerprint density at radius 3 is 1.38 bits per heavy atom. The summed E-state index contributed by atoms with van der Waals surface area (Å²) in [6, 6.07) is 27.5. The van der Waals surface area contributed by atoms with Gasteiger partial charge < -0.3 is 19.6 Å². The van der Waals surface area contributed by atoms with E-state index in [2.05, 4.69) is 148 Å². The molecule has 0 spiro atoms. The van der Waals surface area contributed by atoms with Crippen LogP contribution in [0.5, 0.6) is 0 Å². The minimum atomic E-state index is 0.927. The molecule has 0 amide bonds. The summed E-state index contributed by atoms with van der Waals surface area (Å²) in [4.78, 5) is 10.3. The van der Waals surface area contributed by atoms with Crippen molar-refractivity contribution in [3.63, 3.8) is 0 Å². The average molecular weight is 557 g/mol. The van der Waals surface area contributed by atoms with Crippen molar-refractivity contribution in [3.8, 4) is 0 Å². The highest BCUT2D eigenvalue weighted by Gasteiger charge is 2.40. The molecule has 2 saturated heterocycles. The van der Waals surface area contributed by atoms with Crippen molar-refractivity contribution in [2.24, 2.45) is 0 Å². The maximum Gasteiger partial charge on any atom is 0.156 e. The van der Waals surface area contributed by atoms with E-state index in [-0.39, 0.29) is 0 Å². The molecule has 2 heterocycles. The molecule has 4 aromatic rings. The maximum atomic E-state index is 2.59. The predicted molar refractivity (Wildman–Crippen MR) is 180 cm³/mol. The molecule has 2 aliphatic rings. The molecular weight excluding hydrogens is 512 g/mol. The summed E-state index contributed by atoms with van der Waals surface area (Å²) in [5.41, 5.74) is 15.5. The van der Waals surface area contributed by atoms with Crippen LogP contribution in [0, 0.1) is 55.4 Å². The van der Waals surface area contributed by atoms with Crippen molar-refractivity contribution in [1.82, 2.24) is 0 Å². The highest BCUT2D eigenvalue weighted by molar-refractivity contribution is 5.76. The third kappa shape index (κ3) is 5.04. The Morgan fingerprint density at radius 1 is 0.405 bits per heavy atom. The van der Waals surface area contributed by atoms with Gasteiger partial charge in [-0.25, -0.2) is 0 Å². The van der Waals surface area contributed by atoms with Crippen LogP contribution in [0.3, 0.4) is 0 Å². The van der Waals surface area contributed by atoms with Crippen LogP contribution in [0.4, 0.5) is 22.7 Å². The van der Waals surface area contributed by atoms with Gasteiger partial charge in [0.1, 0.15) is 0 Å². The Bertz CT molecular complexity index is 1640. The van der Waals surface area contributed by atoms with Crippen LogP contribution in [0.1, 0.15) is 44.5 Å². The molecule has 42 heavy (non-hydrogen) atoms. The van der Waals surface area contributed by atoms with Crippen LogP contribution in [-0.2, 0) is 0 Å². The van der Waals surface area contributed by atoms with E-state index >= 15 is 0 Å². The first-order chi connectivity index (χ1) is 20.1. The lowest BCUT2D eigenvalue weighted by molar-refractivity contribution is 0.956. The Kier molecular flexibility index (Phi) is 7.26. The topological polar surface area (TPSA) is 13.0 Å². The van der Waals surface area contributed by atoms with Crippen LogP contribution in [0.25, 0.3) is 0 Å². The lowest BCUT2D eigenvalue weighted by atomic mass is 10.1. The molecule has 0 saturated carbocycles. The standard InChI is InChI=1S/C38H44N4/c1-25-12-13-30(6)35(24-25)41-16-14-39(33-20-26(2)18-27(3)21-33)37(41)38-40(34-22-28(4)19-29(5)23-34)15-17-42(38)36-31(7)10-9-11-32(36)8/h9-13,18-24H,14-17H2,1-8H3/b38-37-. The molecule has 0 aromatic heterocycles. The van der Waals surface area contributed by atoms with Gasteiger partial charge in [0, 0.05) is 48.9 Å². The Labute approximate surface area is 252 Å². The molecule has 0 radical (unpaired) electrons. The summed E-state index contributed by atoms with van der Waals surface area (Å²) in [6.45, 7) is 21.5. The molecule has 4 aromatic carbocycles. The summed E-state index contributed by atoms with van der Waals surface area (Å²) < 4.78 is 0. The minimum Gasteiger partial charge on any atom is -0.323 e. The molecule has 0 bridgehead atoms. The van der Waals surface area contributed by atoms with Crippen LogP contribution in [0.15, 0.2) is 84.4 Å². The fraction of sp³-hybridized carbons (Fsp3) is 0.316. The van der Waals surface area contributed by atoms with Gasteiger partial charge in [0.05, 0.1) is 0 Å². The molecule has 4 nitrogen and oxygen atoms in total. The zero-order valence-electron chi connectivity index (χ0n) is 26.5. The maximum absolute atomic E-state index is 2.59. The first-order valence-electron chi connectivity index (χ1n) is 15.2. The largest absolute Gasteiger partial charge is 0.323 e. The van der Waals surface area contributed by atoms with Crippen molar-refractivity contribution in [2.75, 3.05) is 45.8 Å². The number of anilines is 4. The third-order valence-corrected chi connectivity index (χ3v) is 8.72. The number of aryl methyl sites for hydroxylation is 8. The number of nitrogens with zero attached hydrogens (tertiary/aromatic N) is 4. The Balaban J connectivity index is 1.67. The summed E-state index contributed by atoms with van der Waals surface area (Å²) in [6.07, 6.45) is 0. The minimum absolute atomic E-state index is 0.927. The van der Waals surface area contributed by atoms with Crippen molar-refractivity contribution in [3.05, 3.63) is 129 Å². The average Bonchev–Trinajstić information content (AvgIpc) is 3.53. The number of hydrogen-bond donors (Lipinski definition) is 0. The van der Waals surface area contributed by atoms with Crippen LogP contribution >= 0.6 is 0 Å². The smallest absolute Gasteiger partial charge is 0.156 e. The van der Waals surface area contributed by atoms with E-state index < -0.39 is 0 Å². The number of rotatable bonds is 4. The summed E-state index contributed by atoms with van der Waals surface area (Å²) in [5, 5.41) is 0. The first-order valence-corrected chi connectivity index (χ1v) is 15.2. The van der Waals surface area contributed by atoms with Gasteiger partial charge in [-0.15, -0.1) is 0 Å². The predicted octanol–water partition coefficient (Wildman–Crippen LogP) is 8.63. The number of benzene rings is 4. The molecule has 0 N–H and O–H groups in total. The van der Waals surface area contributed by atoms with E-state index in [0.717, 1.165) is 26.2 Å². The van der Waals surface area contributed by atoms with Gasteiger partial charge in [0.2, 0.25) is 0 Å². The van der Waals surface area contributed by atoms with E-state index in [1.54, 1.807) is 0 Å². The second-order valence-corrected chi connectivity index (χ2v) is 12.5. The molecule has 4 heteroatoms. The normalized spacial score (nSPS) is 17.1. The van der Waals surface area contributed by atoms with Crippen molar-refractivity contribution >= 4 is 22.7 Å². The number of para-hydroxylation sites is 1. The molecule has 0 atom stereocenters. The van der Waals surface area contributed by atoms with Crippen LogP contribution < -0.4 is 19.6 Å². The Hall–Kier alpha value is -4.18. The SMILES string of the molecule is Cc1cc(C)cc(N2CCN(c3cc(C)ccc3C)/C2=C2/N(c3cc(C)cc(C)c3)CCN2c2c(C)cccc2C)c1. The first kappa shape index (κ1) is 28.0. The van der Waals surface area contributed by atoms with E-state index in [9.17, 15) is 0 Å². The molecule has 2 aliphatic heterocycles.